The Morgan fingerprint density at radius 2 is 2.24 bits per heavy atom. The smallest absolute Gasteiger partial charge is 0.223 e. The van der Waals surface area contributed by atoms with E-state index in [9.17, 15) is 4.79 Å². The molecule has 110 valence electrons. The molecule has 6 nitrogen and oxygen atoms in total. The quantitative estimate of drug-likeness (QED) is 0.665. The molecule has 0 radical (unpaired) electrons. The van der Waals surface area contributed by atoms with E-state index in [1.807, 2.05) is 24.5 Å². The summed E-state index contributed by atoms with van der Waals surface area (Å²) in [6.07, 6.45) is 7.47. The minimum Gasteiger partial charge on any atom is -0.355 e. The zero-order chi connectivity index (χ0) is 14.5. The first-order valence-electron chi connectivity index (χ1n) is 7.25. The zero-order valence-corrected chi connectivity index (χ0v) is 11.8. The summed E-state index contributed by atoms with van der Waals surface area (Å²) in [4.78, 5) is 15.6. The fourth-order valence-electron chi connectivity index (χ4n) is 2.19. The summed E-state index contributed by atoms with van der Waals surface area (Å²) in [6.45, 7) is 2.12. The Morgan fingerprint density at radius 3 is 3.00 bits per heavy atom. The fraction of sp³-hybridized carbons (Fsp3) is 0.400. The van der Waals surface area contributed by atoms with Crippen molar-refractivity contribution in [2.45, 2.75) is 19.4 Å². The van der Waals surface area contributed by atoms with Crippen molar-refractivity contribution in [1.29, 1.82) is 0 Å². The van der Waals surface area contributed by atoms with Crippen LogP contribution < -0.4 is 10.6 Å². The van der Waals surface area contributed by atoms with E-state index in [4.69, 9.17) is 0 Å². The van der Waals surface area contributed by atoms with Crippen molar-refractivity contribution in [3.63, 3.8) is 0 Å². The van der Waals surface area contributed by atoms with Gasteiger partial charge in [-0.3, -0.25) is 14.9 Å². The molecular formula is C15H19N5O. The van der Waals surface area contributed by atoms with Crippen molar-refractivity contribution in [2.75, 3.05) is 13.1 Å². The maximum atomic E-state index is 11.5. The van der Waals surface area contributed by atoms with E-state index in [1.165, 1.54) is 0 Å². The molecule has 0 unspecified atom stereocenters. The normalized spacial score (nSPS) is 14.1. The topological polar surface area (TPSA) is 82.7 Å². The van der Waals surface area contributed by atoms with Gasteiger partial charge >= 0.3 is 0 Å². The Labute approximate surface area is 123 Å². The van der Waals surface area contributed by atoms with Crippen molar-refractivity contribution in [1.82, 2.24) is 25.8 Å². The Hall–Kier alpha value is -2.21. The van der Waals surface area contributed by atoms with Gasteiger partial charge in [0.25, 0.3) is 0 Å². The first-order valence-corrected chi connectivity index (χ1v) is 7.25. The van der Waals surface area contributed by atoms with Gasteiger partial charge in [0.15, 0.2) is 0 Å². The molecule has 1 aliphatic rings. The van der Waals surface area contributed by atoms with E-state index in [0.717, 1.165) is 36.2 Å². The maximum absolute atomic E-state index is 11.5. The average molecular weight is 285 g/mol. The van der Waals surface area contributed by atoms with E-state index in [-0.39, 0.29) is 11.8 Å². The number of aromatic nitrogens is 3. The van der Waals surface area contributed by atoms with Crippen LogP contribution in [-0.4, -0.2) is 34.2 Å². The van der Waals surface area contributed by atoms with Crippen LogP contribution >= 0.6 is 0 Å². The number of pyridine rings is 1. The zero-order valence-electron chi connectivity index (χ0n) is 11.8. The third kappa shape index (κ3) is 3.66. The summed E-state index contributed by atoms with van der Waals surface area (Å²) in [5.41, 5.74) is 3.10. The van der Waals surface area contributed by atoms with Crippen molar-refractivity contribution < 1.29 is 4.79 Å². The molecule has 0 aliphatic heterocycles. The summed E-state index contributed by atoms with van der Waals surface area (Å²) in [7, 11) is 0. The van der Waals surface area contributed by atoms with E-state index in [0.29, 0.717) is 13.1 Å². The minimum atomic E-state index is 0.191. The molecule has 3 rings (SSSR count). The monoisotopic (exact) mass is 285 g/mol. The Bertz CT molecular complexity index is 591. The lowest BCUT2D eigenvalue weighted by Crippen LogP contribution is -2.32. The molecule has 0 bridgehead atoms. The summed E-state index contributed by atoms with van der Waals surface area (Å²) < 4.78 is 0. The number of aromatic amines is 1. The van der Waals surface area contributed by atoms with E-state index >= 15 is 0 Å². The lowest BCUT2D eigenvalue weighted by atomic mass is 10.1. The van der Waals surface area contributed by atoms with Gasteiger partial charge in [0.1, 0.15) is 0 Å². The van der Waals surface area contributed by atoms with Crippen LogP contribution in [0.15, 0.2) is 30.7 Å². The van der Waals surface area contributed by atoms with Crippen molar-refractivity contribution >= 4 is 5.91 Å². The maximum Gasteiger partial charge on any atom is 0.223 e. The largest absolute Gasteiger partial charge is 0.355 e. The number of rotatable bonds is 7. The minimum absolute atomic E-state index is 0.191. The molecule has 2 heterocycles. The molecule has 0 atom stereocenters. The number of amides is 1. The molecule has 0 spiro atoms. The molecule has 1 saturated carbocycles. The van der Waals surface area contributed by atoms with E-state index in [2.05, 4.69) is 25.8 Å². The predicted octanol–water partition coefficient (Wildman–Crippen LogP) is 1.09. The molecule has 3 N–H and O–H groups in total. The van der Waals surface area contributed by atoms with Gasteiger partial charge in [-0.2, -0.15) is 5.10 Å². The van der Waals surface area contributed by atoms with Crippen LogP contribution in [-0.2, 0) is 11.3 Å². The molecule has 1 aliphatic carbocycles. The van der Waals surface area contributed by atoms with Gasteiger partial charge in [0.2, 0.25) is 5.91 Å². The summed E-state index contributed by atoms with van der Waals surface area (Å²) in [5.74, 6) is 0.465. The molecule has 1 amide bonds. The van der Waals surface area contributed by atoms with Crippen LogP contribution in [0.1, 0.15) is 18.4 Å². The molecule has 2 aromatic heterocycles. The number of carbonyl (C=O) groups excluding carboxylic acids is 1. The first-order chi connectivity index (χ1) is 10.3. The van der Waals surface area contributed by atoms with Crippen LogP contribution in [0.5, 0.6) is 0 Å². The van der Waals surface area contributed by atoms with Gasteiger partial charge in [0, 0.05) is 49.1 Å². The second kappa shape index (κ2) is 6.49. The average Bonchev–Trinajstić information content (AvgIpc) is 3.27. The Balaban J connectivity index is 1.45. The first kappa shape index (κ1) is 13.8. The molecular weight excluding hydrogens is 266 g/mol. The number of hydrogen-bond acceptors (Lipinski definition) is 4. The Morgan fingerprint density at radius 1 is 1.33 bits per heavy atom. The summed E-state index contributed by atoms with van der Waals surface area (Å²) >= 11 is 0. The van der Waals surface area contributed by atoms with E-state index < -0.39 is 0 Å². The highest BCUT2D eigenvalue weighted by Crippen LogP contribution is 2.28. The summed E-state index contributed by atoms with van der Waals surface area (Å²) in [6, 6.07) is 3.90. The number of carbonyl (C=O) groups is 1. The second-order valence-electron chi connectivity index (χ2n) is 5.25. The van der Waals surface area contributed by atoms with Gasteiger partial charge in [-0.05, 0) is 25.0 Å². The highest BCUT2D eigenvalue weighted by atomic mass is 16.2. The van der Waals surface area contributed by atoms with Gasteiger partial charge in [0.05, 0.1) is 11.9 Å². The number of nitrogens with zero attached hydrogens (tertiary/aromatic N) is 2. The summed E-state index contributed by atoms with van der Waals surface area (Å²) in [5, 5.41) is 13.4. The number of nitrogens with one attached hydrogen (secondary N) is 3. The van der Waals surface area contributed by atoms with Crippen LogP contribution in [0.25, 0.3) is 11.3 Å². The SMILES string of the molecule is O=C(NCCNCc1cn[nH]c1-c1cccnc1)C1CC1. The third-order valence-corrected chi connectivity index (χ3v) is 3.53. The molecule has 1 fully saturated rings. The van der Waals surface area contributed by atoms with Crippen molar-refractivity contribution in [3.05, 3.63) is 36.3 Å². The standard InChI is InChI=1S/C15H19N5O/c21-15(11-3-4-11)18-7-6-17-9-13-10-19-20-14(13)12-2-1-5-16-8-12/h1-2,5,8,10-11,17H,3-4,6-7,9H2,(H,18,21)(H,19,20). The van der Waals surface area contributed by atoms with Crippen LogP contribution in [0, 0.1) is 5.92 Å². The van der Waals surface area contributed by atoms with Crippen LogP contribution in [0.2, 0.25) is 0 Å². The van der Waals surface area contributed by atoms with Gasteiger partial charge in [-0.1, -0.05) is 0 Å². The number of H-pyrrole nitrogens is 1. The lowest BCUT2D eigenvalue weighted by molar-refractivity contribution is -0.122. The molecule has 0 aromatic carbocycles. The van der Waals surface area contributed by atoms with Crippen molar-refractivity contribution in [3.8, 4) is 11.3 Å². The number of hydrogen-bond donors (Lipinski definition) is 3. The highest BCUT2D eigenvalue weighted by Gasteiger charge is 2.28. The predicted molar refractivity (Wildman–Crippen MR) is 79.3 cm³/mol. The van der Waals surface area contributed by atoms with Gasteiger partial charge in [-0.15, -0.1) is 0 Å². The lowest BCUT2D eigenvalue weighted by Gasteiger charge is -2.07. The van der Waals surface area contributed by atoms with Crippen LogP contribution in [0.3, 0.4) is 0 Å². The molecule has 6 heteroatoms. The second-order valence-corrected chi connectivity index (χ2v) is 5.25. The highest BCUT2D eigenvalue weighted by molar-refractivity contribution is 5.80. The van der Waals surface area contributed by atoms with Gasteiger partial charge in [-0.25, -0.2) is 0 Å². The van der Waals surface area contributed by atoms with Crippen LogP contribution in [0.4, 0.5) is 0 Å². The molecule has 21 heavy (non-hydrogen) atoms. The molecule has 2 aromatic rings. The Kier molecular flexibility index (Phi) is 4.25. The van der Waals surface area contributed by atoms with Crippen molar-refractivity contribution in [2.24, 2.45) is 5.92 Å². The van der Waals surface area contributed by atoms with E-state index in [1.54, 1.807) is 6.20 Å². The fourth-order valence-corrected chi connectivity index (χ4v) is 2.19. The molecule has 0 saturated heterocycles. The third-order valence-electron chi connectivity index (χ3n) is 3.53. The van der Waals surface area contributed by atoms with Gasteiger partial charge < -0.3 is 10.6 Å².